The lowest BCUT2D eigenvalue weighted by Crippen LogP contribution is -2.23. The Bertz CT molecular complexity index is 1110. The average Bonchev–Trinajstić information content (AvgIpc) is 2.79. The Balaban J connectivity index is 1.69. The van der Waals surface area contributed by atoms with Gasteiger partial charge >= 0.3 is 6.09 Å². The topological polar surface area (TPSA) is 85.7 Å². The highest BCUT2D eigenvalue weighted by Crippen LogP contribution is 2.20. The van der Waals surface area contributed by atoms with E-state index in [1.807, 2.05) is 50.5 Å². The third kappa shape index (κ3) is 7.47. The van der Waals surface area contributed by atoms with Crippen LogP contribution in [-0.4, -0.2) is 54.6 Å². The second-order valence-corrected chi connectivity index (χ2v) is 7.79. The predicted molar refractivity (Wildman–Crippen MR) is 129 cm³/mol. The van der Waals surface area contributed by atoms with Crippen LogP contribution in [0.1, 0.15) is 18.9 Å². The minimum Gasteiger partial charge on any atom is -0.494 e. The molecule has 8 heteroatoms. The van der Waals surface area contributed by atoms with Crippen LogP contribution in [-0.2, 0) is 11.3 Å². The van der Waals surface area contributed by atoms with Gasteiger partial charge in [-0.3, -0.25) is 10.1 Å². The van der Waals surface area contributed by atoms with Crippen molar-refractivity contribution in [1.29, 1.82) is 0 Å². The standard InChI is InChI=1S/C25H30N4O4/c1-4-32-25(31)26-21-8-5-7-19(17-21)18-29-24(30)14-13-23(27-29)20-9-11-22(12-10-20)33-16-6-15-28(2)3/h5,7-14,17H,4,6,15-16,18H2,1-3H3,(H,26,31). The van der Waals surface area contributed by atoms with Gasteiger partial charge in [0.2, 0.25) is 0 Å². The van der Waals surface area contributed by atoms with E-state index in [1.54, 1.807) is 25.1 Å². The SMILES string of the molecule is CCOC(=O)Nc1cccc(Cn2nc(-c3ccc(OCCCN(C)C)cc3)ccc2=O)c1. The van der Waals surface area contributed by atoms with E-state index in [0.29, 0.717) is 24.6 Å². The van der Waals surface area contributed by atoms with Crippen LogP contribution in [0.25, 0.3) is 11.3 Å². The zero-order valence-electron chi connectivity index (χ0n) is 19.3. The molecule has 1 aromatic heterocycles. The molecule has 1 amide bonds. The van der Waals surface area contributed by atoms with Gasteiger partial charge in [-0.1, -0.05) is 12.1 Å². The molecule has 0 aliphatic carbocycles. The molecule has 0 radical (unpaired) electrons. The Morgan fingerprint density at radius 1 is 1.09 bits per heavy atom. The second-order valence-electron chi connectivity index (χ2n) is 7.79. The number of benzene rings is 2. The molecule has 1 N–H and O–H groups in total. The van der Waals surface area contributed by atoms with Gasteiger partial charge in [-0.15, -0.1) is 0 Å². The van der Waals surface area contributed by atoms with Gasteiger partial charge in [0.25, 0.3) is 5.56 Å². The summed E-state index contributed by atoms with van der Waals surface area (Å²) in [6, 6.07) is 18.1. The molecule has 2 aromatic carbocycles. The molecular weight excluding hydrogens is 420 g/mol. The first-order chi connectivity index (χ1) is 15.9. The number of amides is 1. The van der Waals surface area contributed by atoms with Gasteiger partial charge in [0.15, 0.2) is 0 Å². The summed E-state index contributed by atoms with van der Waals surface area (Å²) in [5.41, 5.74) is 2.80. The van der Waals surface area contributed by atoms with Crippen molar-refractivity contribution >= 4 is 11.8 Å². The molecule has 0 unspecified atom stereocenters. The van der Waals surface area contributed by atoms with Crippen molar-refractivity contribution in [2.24, 2.45) is 0 Å². The summed E-state index contributed by atoms with van der Waals surface area (Å²) in [6.45, 7) is 3.95. The van der Waals surface area contributed by atoms with Crippen molar-refractivity contribution < 1.29 is 14.3 Å². The summed E-state index contributed by atoms with van der Waals surface area (Å²) in [7, 11) is 4.08. The summed E-state index contributed by atoms with van der Waals surface area (Å²) in [4.78, 5) is 26.2. The number of carbonyl (C=O) groups is 1. The first-order valence-electron chi connectivity index (χ1n) is 10.9. The summed E-state index contributed by atoms with van der Waals surface area (Å²) in [5.74, 6) is 0.803. The van der Waals surface area contributed by atoms with Crippen LogP contribution in [0.3, 0.4) is 0 Å². The van der Waals surface area contributed by atoms with Gasteiger partial charge in [-0.25, -0.2) is 9.48 Å². The number of nitrogens with zero attached hydrogens (tertiary/aromatic N) is 3. The fourth-order valence-corrected chi connectivity index (χ4v) is 3.21. The highest BCUT2D eigenvalue weighted by atomic mass is 16.5. The molecule has 1 heterocycles. The van der Waals surface area contributed by atoms with Crippen molar-refractivity contribution in [3.05, 3.63) is 76.6 Å². The van der Waals surface area contributed by atoms with Crippen molar-refractivity contribution in [2.75, 3.05) is 39.2 Å². The van der Waals surface area contributed by atoms with E-state index in [2.05, 4.69) is 15.3 Å². The normalized spacial score (nSPS) is 10.8. The fraction of sp³-hybridized carbons (Fsp3) is 0.320. The van der Waals surface area contributed by atoms with Gasteiger partial charge in [-0.2, -0.15) is 5.10 Å². The number of aromatic nitrogens is 2. The van der Waals surface area contributed by atoms with Crippen molar-refractivity contribution in [2.45, 2.75) is 19.9 Å². The minimum atomic E-state index is -0.517. The molecule has 0 saturated carbocycles. The first-order valence-corrected chi connectivity index (χ1v) is 10.9. The van der Waals surface area contributed by atoms with Crippen molar-refractivity contribution in [3.63, 3.8) is 0 Å². The molecule has 8 nitrogen and oxygen atoms in total. The number of carbonyl (C=O) groups excluding carboxylic acids is 1. The van der Waals surface area contributed by atoms with Crippen LogP contribution in [0, 0.1) is 0 Å². The van der Waals surface area contributed by atoms with E-state index in [0.717, 1.165) is 29.8 Å². The van der Waals surface area contributed by atoms with Crippen LogP contribution in [0.2, 0.25) is 0 Å². The number of anilines is 1. The molecule has 0 bridgehead atoms. The maximum Gasteiger partial charge on any atom is 0.411 e. The van der Waals surface area contributed by atoms with E-state index in [4.69, 9.17) is 9.47 Å². The smallest absolute Gasteiger partial charge is 0.411 e. The third-order valence-corrected chi connectivity index (χ3v) is 4.82. The highest BCUT2D eigenvalue weighted by molar-refractivity contribution is 5.84. The average molecular weight is 451 g/mol. The largest absolute Gasteiger partial charge is 0.494 e. The van der Waals surface area contributed by atoms with Gasteiger partial charge in [-0.05, 0) is 75.5 Å². The lowest BCUT2D eigenvalue weighted by molar-refractivity contribution is 0.168. The molecule has 33 heavy (non-hydrogen) atoms. The summed E-state index contributed by atoms with van der Waals surface area (Å²) in [6.07, 6.45) is 0.440. The van der Waals surface area contributed by atoms with E-state index in [9.17, 15) is 9.59 Å². The monoisotopic (exact) mass is 450 g/mol. The molecule has 0 aliphatic heterocycles. The quantitative estimate of drug-likeness (QED) is 0.472. The number of nitrogens with one attached hydrogen (secondary N) is 1. The minimum absolute atomic E-state index is 0.205. The zero-order chi connectivity index (χ0) is 23.6. The Kier molecular flexibility index (Phi) is 8.60. The molecule has 0 fully saturated rings. The van der Waals surface area contributed by atoms with E-state index in [-0.39, 0.29) is 12.1 Å². The Labute approximate surface area is 193 Å². The van der Waals surface area contributed by atoms with Crippen LogP contribution in [0.5, 0.6) is 5.75 Å². The molecular formula is C25H30N4O4. The van der Waals surface area contributed by atoms with E-state index >= 15 is 0 Å². The highest BCUT2D eigenvalue weighted by Gasteiger charge is 2.07. The first kappa shape index (κ1) is 24.0. The number of ether oxygens (including phenoxy) is 2. The Hall–Kier alpha value is -3.65. The number of hydrogen-bond donors (Lipinski definition) is 1. The maximum absolute atomic E-state index is 12.4. The molecule has 0 aliphatic rings. The number of rotatable bonds is 10. The molecule has 0 saturated heterocycles. The van der Waals surface area contributed by atoms with Crippen LogP contribution < -0.4 is 15.6 Å². The van der Waals surface area contributed by atoms with Gasteiger partial charge in [0.05, 0.1) is 25.5 Å². The third-order valence-electron chi connectivity index (χ3n) is 4.82. The Morgan fingerprint density at radius 3 is 2.61 bits per heavy atom. The summed E-state index contributed by atoms with van der Waals surface area (Å²) >= 11 is 0. The lowest BCUT2D eigenvalue weighted by Gasteiger charge is -2.11. The maximum atomic E-state index is 12.4. The molecule has 174 valence electrons. The van der Waals surface area contributed by atoms with E-state index in [1.165, 1.54) is 10.7 Å². The van der Waals surface area contributed by atoms with Crippen LogP contribution >= 0.6 is 0 Å². The van der Waals surface area contributed by atoms with Crippen molar-refractivity contribution in [3.8, 4) is 17.0 Å². The van der Waals surface area contributed by atoms with Crippen LogP contribution in [0.15, 0.2) is 65.5 Å². The summed E-state index contributed by atoms with van der Waals surface area (Å²) in [5, 5.41) is 7.19. The number of hydrogen-bond acceptors (Lipinski definition) is 6. The fourth-order valence-electron chi connectivity index (χ4n) is 3.21. The van der Waals surface area contributed by atoms with Gasteiger partial charge < -0.3 is 14.4 Å². The molecule has 3 aromatic rings. The molecule has 0 spiro atoms. The van der Waals surface area contributed by atoms with E-state index < -0.39 is 6.09 Å². The zero-order valence-corrected chi connectivity index (χ0v) is 19.3. The van der Waals surface area contributed by atoms with Crippen LogP contribution in [0.4, 0.5) is 10.5 Å². The Morgan fingerprint density at radius 2 is 1.88 bits per heavy atom. The lowest BCUT2D eigenvalue weighted by atomic mass is 10.1. The van der Waals surface area contributed by atoms with Gasteiger partial charge in [0.1, 0.15) is 5.75 Å². The van der Waals surface area contributed by atoms with Gasteiger partial charge in [0, 0.05) is 23.9 Å². The predicted octanol–water partition coefficient (Wildman–Crippen LogP) is 3.86. The molecule has 3 rings (SSSR count). The second kappa shape index (κ2) is 11.8. The molecule has 0 atom stereocenters. The summed E-state index contributed by atoms with van der Waals surface area (Å²) < 4.78 is 12.1. The van der Waals surface area contributed by atoms with Crippen molar-refractivity contribution in [1.82, 2.24) is 14.7 Å².